The lowest BCUT2D eigenvalue weighted by atomic mass is 10.0. The van der Waals surface area contributed by atoms with Crippen molar-refractivity contribution in [2.75, 3.05) is 83.8 Å². The van der Waals surface area contributed by atoms with Crippen molar-refractivity contribution < 1.29 is 33.3 Å². The van der Waals surface area contributed by atoms with Crippen molar-refractivity contribution in [3.8, 4) is 5.75 Å². The van der Waals surface area contributed by atoms with E-state index >= 15 is 0 Å². The molecule has 2 amide bonds. The molecule has 0 fully saturated rings. The normalized spacial score (nSPS) is 13.0. The monoisotopic (exact) mass is 472 g/mol. The van der Waals surface area contributed by atoms with Crippen LogP contribution in [-0.2, 0) is 35.0 Å². The predicted molar refractivity (Wildman–Crippen MR) is 121 cm³/mol. The Bertz CT molecular complexity index is 705. The molecule has 2 rings (SSSR count). The van der Waals surface area contributed by atoms with Crippen molar-refractivity contribution in [1.82, 2.24) is 5.32 Å². The second-order valence-corrected chi connectivity index (χ2v) is 7.31. The van der Waals surface area contributed by atoms with Gasteiger partial charge in [0.2, 0.25) is 5.91 Å². The Balaban J connectivity index is 1.54. The van der Waals surface area contributed by atoms with Crippen LogP contribution < -0.4 is 15.0 Å². The number of ether oxygens (including phenoxy) is 5. The molecular formula is C22H33ClN2O7. The quantitative estimate of drug-likeness (QED) is 0.287. The fourth-order valence-corrected chi connectivity index (χ4v) is 3.29. The Hall–Kier alpha value is -1.91. The first-order chi connectivity index (χ1) is 15.7. The highest BCUT2D eigenvalue weighted by Gasteiger charge is 2.22. The van der Waals surface area contributed by atoms with Crippen LogP contribution in [0.4, 0.5) is 5.69 Å². The van der Waals surface area contributed by atoms with Gasteiger partial charge in [-0.1, -0.05) is 0 Å². The van der Waals surface area contributed by atoms with Gasteiger partial charge in [-0.2, -0.15) is 0 Å². The van der Waals surface area contributed by atoms with E-state index in [-0.39, 0.29) is 24.3 Å². The molecule has 1 heterocycles. The molecule has 0 aromatic heterocycles. The molecule has 0 unspecified atom stereocenters. The van der Waals surface area contributed by atoms with Gasteiger partial charge in [0.25, 0.3) is 5.91 Å². The van der Waals surface area contributed by atoms with E-state index in [0.717, 1.165) is 24.1 Å². The van der Waals surface area contributed by atoms with E-state index in [1.54, 1.807) is 18.1 Å². The van der Waals surface area contributed by atoms with E-state index in [1.165, 1.54) is 0 Å². The molecule has 0 bridgehead atoms. The van der Waals surface area contributed by atoms with Gasteiger partial charge in [0.05, 0.1) is 46.2 Å². The number of methoxy groups -OCH3 is 1. The highest BCUT2D eigenvalue weighted by molar-refractivity contribution is 6.29. The second-order valence-electron chi connectivity index (χ2n) is 7.04. The van der Waals surface area contributed by atoms with Gasteiger partial charge in [0, 0.05) is 25.9 Å². The molecule has 0 saturated heterocycles. The summed E-state index contributed by atoms with van der Waals surface area (Å²) in [5.41, 5.74) is 1.88. The molecular weight excluding hydrogens is 440 g/mol. The molecule has 1 aliphatic heterocycles. The number of fused-ring (bicyclic) bond motifs is 1. The van der Waals surface area contributed by atoms with Crippen LogP contribution in [0, 0.1) is 0 Å². The zero-order valence-electron chi connectivity index (χ0n) is 18.6. The third-order valence-corrected chi connectivity index (χ3v) is 4.93. The van der Waals surface area contributed by atoms with Gasteiger partial charge in [-0.3, -0.25) is 9.59 Å². The smallest absolute Gasteiger partial charge is 0.258 e. The topological polar surface area (TPSA) is 95.6 Å². The van der Waals surface area contributed by atoms with Crippen LogP contribution in [0.3, 0.4) is 0 Å². The number of rotatable bonds is 16. The van der Waals surface area contributed by atoms with Crippen molar-refractivity contribution in [3.05, 3.63) is 23.8 Å². The third kappa shape index (κ3) is 9.70. The van der Waals surface area contributed by atoms with Crippen molar-refractivity contribution in [2.24, 2.45) is 0 Å². The number of aryl methyl sites for hydroxylation is 1. The zero-order chi connectivity index (χ0) is 23.0. The molecule has 0 saturated carbocycles. The summed E-state index contributed by atoms with van der Waals surface area (Å²) in [6.07, 6.45) is 1.72. The fraction of sp³-hybridized carbons (Fsp3) is 0.636. The molecule has 0 spiro atoms. The predicted octanol–water partition coefficient (Wildman–Crippen LogP) is 1.40. The number of alkyl halides is 1. The van der Waals surface area contributed by atoms with Crippen molar-refractivity contribution in [1.29, 1.82) is 0 Å². The summed E-state index contributed by atoms with van der Waals surface area (Å²) >= 11 is 5.69. The minimum Gasteiger partial charge on any atom is -0.484 e. The second kappa shape index (κ2) is 15.8. The lowest BCUT2D eigenvalue weighted by Crippen LogP contribution is -2.36. The van der Waals surface area contributed by atoms with Crippen LogP contribution in [0.5, 0.6) is 5.75 Å². The van der Waals surface area contributed by atoms with Gasteiger partial charge < -0.3 is 33.9 Å². The van der Waals surface area contributed by atoms with E-state index in [1.807, 2.05) is 12.1 Å². The number of nitrogens with zero attached hydrogens (tertiary/aromatic N) is 1. The zero-order valence-corrected chi connectivity index (χ0v) is 19.4. The Morgan fingerprint density at radius 3 is 2.41 bits per heavy atom. The van der Waals surface area contributed by atoms with Crippen LogP contribution in [-0.4, -0.2) is 90.7 Å². The number of anilines is 1. The minimum absolute atomic E-state index is 0.0428. The van der Waals surface area contributed by atoms with E-state index in [4.69, 9.17) is 35.3 Å². The van der Waals surface area contributed by atoms with Crippen LogP contribution in [0.25, 0.3) is 0 Å². The number of hydrogen-bond donors (Lipinski definition) is 1. The van der Waals surface area contributed by atoms with Crippen molar-refractivity contribution >= 4 is 29.1 Å². The number of benzene rings is 1. The van der Waals surface area contributed by atoms with E-state index in [9.17, 15) is 9.59 Å². The maximum atomic E-state index is 12.0. The van der Waals surface area contributed by atoms with E-state index in [2.05, 4.69) is 5.32 Å². The Labute approximate surface area is 194 Å². The molecule has 9 nitrogen and oxygen atoms in total. The van der Waals surface area contributed by atoms with Crippen molar-refractivity contribution in [2.45, 2.75) is 12.8 Å². The number of carbonyl (C=O) groups is 2. The summed E-state index contributed by atoms with van der Waals surface area (Å²) in [7, 11) is 1.63. The Morgan fingerprint density at radius 1 is 1.03 bits per heavy atom. The summed E-state index contributed by atoms with van der Waals surface area (Å²) in [4.78, 5) is 25.6. The Morgan fingerprint density at radius 2 is 1.72 bits per heavy atom. The summed E-state index contributed by atoms with van der Waals surface area (Å²) in [6.45, 7) is 4.43. The summed E-state index contributed by atoms with van der Waals surface area (Å²) < 4.78 is 26.5. The highest BCUT2D eigenvalue weighted by atomic mass is 35.5. The molecule has 1 aromatic rings. The number of carbonyl (C=O) groups excluding carboxylic acids is 2. The number of halogens is 1. The van der Waals surface area contributed by atoms with Gasteiger partial charge in [0.15, 0.2) is 6.61 Å². The van der Waals surface area contributed by atoms with Crippen LogP contribution >= 0.6 is 11.6 Å². The summed E-state index contributed by atoms with van der Waals surface area (Å²) in [6, 6.07) is 5.48. The molecule has 180 valence electrons. The first-order valence-corrected chi connectivity index (χ1v) is 11.3. The first kappa shape index (κ1) is 26.3. The summed E-state index contributed by atoms with van der Waals surface area (Å²) in [5, 5.41) is 2.75. The average molecular weight is 473 g/mol. The van der Waals surface area contributed by atoms with Gasteiger partial charge in [-0.25, -0.2) is 0 Å². The fourth-order valence-electron chi connectivity index (χ4n) is 3.14. The molecule has 32 heavy (non-hydrogen) atoms. The standard InChI is InChI=1S/C22H33ClN2O7/c1-28-9-10-30-13-14-31-12-11-29-8-6-24-21(26)17-32-19-4-5-20-18(15-19)3-2-7-25(20)22(27)16-23/h4-5,15H,2-3,6-14,16-17H2,1H3,(H,24,26). The molecule has 10 heteroatoms. The van der Waals surface area contributed by atoms with Crippen molar-refractivity contribution in [3.63, 3.8) is 0 Å². The number of amides is 2. The van der Waals surface area contributed by atoms with Gasteiger partial charge >= 0.3 is 0 Å². The van der Waals surface area contributed by atoms with Gasteiger partial charge in [-0.15, -0.1) is 11.6 Å². The largest absolute Gasteiger partial charge is 0.484 e. The molecule has 1 aliphatic rings. The minimum atomic E-state index is -0.227. The maximum absolute atomic E-state index is 12.0. The van der Waals surface area contributed by atoms with E-state index in [0.29, 0.717) is 65.1 Å². The van der Waals surface area contributed by atoms with Gasteiger partial charge in [-0.05, 0) is 36.6 Å². The molecule has 0 radical (unpaired) electrons. The molecule has 1 aromatic carbocycles. The molecule has 0 aliphatic carbocycles. The molecule has 0 atom stereocenters. The van der Waals surface area contributed by atoms with Crippen LogP contribution in [0.15, 0.2) is 18.2 Å². The third-order valence-electron chi connectivity index (χ3n) is 4.70. The Kier molecular flexibility index (Phi) is 13.0. The summed E-state index contributed by atoms with van der Waals surface area (Å²) in [5.74, 6) is 0.216. The van der Waals surface area contributed by atoms with E-state index < -0.39 is 0 Å². The number of nitrogens with one attached hydrogen (secondary N) is 1. The molecule has 1 N–H and O–H groups in total. The average Bonchev–Trinajstić information content (AvgIpc) is 2.82. The number of hydrogen-bond acceptors (Lipinski definition) is 7. The van der Waals surface area contributed by atoms with Crippen LogP contribution in [0.2, 0.25) is 0 Å². The maximum Gasteiger partial charge on any atom is 0.258 e. The first-order valence-electron chi connectivity index (χ1n) is 10.8. The van der Waals surface area contributed by atoms with Crippen LogP contribution in [0.1, 0.15) is 12.0 Å². The van der Waals surface area contributed by atoms with Gasteiger partial charge in [0.1, 0.15) is 11.6 Å². The lowest BCUT2D eigenvalue weighted by molar-refractivity contribution is -0.123. The lowest BCUT2D eigenvalue weighted by Gasteiger charge is -2.29. The highest BCUT2D eigenvalue weighted by Crippen LogP contribution is 2.30. The SMILES string of the molecule is COCCOCCOCCOCCNC(=O)COc1ccc2c(c1)CCCN2C(=O)CCl.